The normalized spacial score (nSPS) is 11.6. The van der Waals surface area contributed by atoms with E-state index in [0.29, 0.717) is 12.3 Å². The molecule has 0 aromatic heterocycles. The highest BCUT2D eigenvalue weighted by Crippen LogP contribution is 2.22. The lowest BCUT2D eigenvalue weighted by Crippen LogP contribution is -2.43. The van der Waals surface area contributed by atoms with Crippen LogP contribution in [0, 0.1) is 0 Å². The molecule has 0 saturated heterocycles. The highest BCUT2D eigenvalue weighted by molar-refractivity contribution is 5.54. The van der Waals surface area contributed by atoms with Crippen molar-refractivity contribution in [3.05, 3.63) is 23.8 Å². The lowest BCUT2D eigenvalue weighted by Gasteiger charge is -2.23. The first-order valence-corrected chi connectivity index (χ1v) is 6.85. The summed E-state index contributed by atoms with van der Waals surface area (Å²) < 4.78 is 5.54. The second-order valence-corrected chi connectivity index (χ2v) is 5.44. The molecular weight excluding hydrogens is 240 g/mol. The van der Waals surface area contributed by atoms with E-state index in [2.05, 4.69) is 12.2 Å². The third-order valence-corrected chi connectivity index (χ3v) is 2.95. The van der Waals surface area contributed by atoms with E-state index >= 15 is 0 Å². The van der Waals surface area contributed by atoms with Gasteiger partial charge >= 0.3 is 0 Å². The number of aliphatic hydroxyl groups excluding tert-OH is 1. The van der Waals surface area contributed by atoms with Gasteiger partial charge in [0.15, 0.2) is 0 Å². The average Bonchev–Trinajstić information content (AvgIpc) is 2.37. The predicted octanol–water partition coefficient (Wildman–Crippen LogP) is 1.96. The van der Waals surface area contributed by atoms with E-state index < -0.39 is 0 Å². The largest absolute Gasteiger partial charge is 0.491 e. The Morgan fingerprint density at radius 3 is 2.68 bits per heavy atom. The molecule has 1 aromatic carbocycles. The molecule has 0 aliphatic rings. The molecule has 108 valence electrons. The zero-order valence-corrected chi connectivity index (χ0v) is 12.2. The number of rotatable bonds is 8. The van der Waals surface area contributed by atoms with Gasteiger partial charge in [-0.05, 0) is 50.9 Å². The lowest BCUT2D eigenvalue weighted by molar-refractivity contribution is 0.189. The van der Waals surface area contributed by atoms with Crippen LogP contribution in [0.25, 0.3) is 0 Å². The summed E-state index contributed by atoms with van der Waals surface area (Å²) in [4.78, 5) is 0. The monoisotopic (exact) mass is 266 g/mol. The molecule has 0 bridgehead atoms. The first-order chi connectivity index (χ1) is 8.98. The quantitative estimate of drug-likeness (QED) is 0.629. The molecular formula is C15H26N2O2. The van der Waals surface area contributed by atoms with Crippen molar-refractivity contribution in [3.8, 4) is 5.75 Å². The highest BCUT2D eigenvalue weighted by atomic mass is 16.5. The SMILES string of the molecule is CCCOc1ccc(CCNC(C)(C)CO)cc1N. The van der Waals surface area contributed by atoms with Crippen LogP contribution < -0.4 is 15.8 Å². The Balaban J connectivity index is 2.49. The number of ether oxygens (including phenoxy) is 1. The van der Waals surface area contributed by atoms with Crippen LogP contribution in [-0.2, 0) is 6.42 Å². The molecule has 0 atom stereocenters. The molecule has 19 heavy (non-hydrogen) atoms. The second-order valence-electron chi connectivity index (χ2n) is 5.44. The molecule has 0 spiro atoms. The number of nitrogens with one attached hydrogen (secondary N) is 1. The van der Waals surface area contributed by atoms with E-state index in [4.69, 9.17) is 15.6 Å². The number of hydrogen-bond donors (Lipinski definition) is 3. The Labute approximate surface area is 116 Å². The summed E-state index contributed by atoms with van der Waals surface area (Å²) in [6.45, 7) is 7.64. The Morgan fingerprint density at radius 2 is 2.11 bits per heavy atom. The molecule has 0 amide bonds. The molecule has 4 N–H and O–H groups in total. The van der Waals surface area contributed by atoms with E-state index in [1.165, 1.54) is 5.56 Å². The van der Waals surface area contributed by atoms with E-state index in [-0.39, 0.29) is 12.1 Å². The van der Waals surface area contributed by atoms with Crippen LogP contribution in [0.5, 0.6) is 5.75 Å². The van der Waals surface area contributed by atoms with Gasteiger partial charge in [0.05, 0.1) is 18.9 Å². The summed E-state index contributed by atoms with van der Waals surface area (Å²) in [7, 11) is 0. The number of hydrogen-bond acceptors (Lipinski definition) is 4. The average molecular weight is 266 g/mol. The highest BCUT2D eigenvalue weighted by Gasteiger charge is 2.14. The van der Waals surface area contributed by atoms with Gasteiger partial charge in [-0.15, -0.1) is 0 Å². The summed E-state index contributed by atoms with van der Waals surface area (Å²) in [6.07, 6.45) is 1.85. The molecule has 0 saturated carbocycles. The zero-order valence-electron chi connectivity index (χ0n) is 12.2. The summed E-state index contributed by atoms with van der Waals surface area (Å²) >= 11 is 0. The third kappa shape index (κ3) is 5.49. The van der Waals surface area contributed by atoms with Gasteiger partial charge in [-0.25, -0.2) is 0 Å². The van der Waals surface area contributed by atoms with Crippen molar-refractivity contribution in [1.29, 1.82) is 0 Å². The van der Waals surface area contributed by atoms with Crippen molar-refractivity contribution in [2.24, 2.45) is 0 Å². The topological polar surface area (TPSA) is 67.5 Å². The van der Waals surface area contributed by atoms with Crippen molar-refractivity contribution < 1.29 is 9.84 Å². The van der Waals surface area contributed by atoms with Gasteiger partial charge in [0.25, 0.3) is 0 Å². The van der Waals surface area contributed by atoms with Crippen LogP contribution in [0.2, 0.25) is 0 Å². The molecule has 4 heteroatoms. The van der Waals surface area contributed by atoms with Crippen molar-refractivity contribution in [1.82, 2.24) is 5.32 Å². The Morgan fingerprint density at radius 1 is 1.37 bits per heavy atom. The van der Waals surface area contributed by atoms with Crippen molar-refractivity contribution >= 4 is 5.69 Å². The fourth-order valence-electron chi connectivity index (χ4n) is 1.70. The van der Waals surface area contributed by atoms with Gasteiger partial charge in [0.2, 0.25) is 0 Å². The van der Waals surface area contributed by atoms with Crippen LogP contribution in [0.1, 0.15) is 32.8 Å². The van der Waals surface area contributed by atoms with Crippen LogP contribution in [0.15, 0.2) is 18.2 Å². The Hall–Kier alpha value is -1.26. The van der Waals surface area contributed by atoms with Crippen LogP contribution in [0.3, 0.4) is 0 Å². The van der Waals surface area contributed by atoms with Gasteiger partial charge in [-0.1, -0.05) is 13.0 Å². The van der Waals surface area contributed by atoms with E-state index in [0.717, 1.165) is 25.1 Å². The zero-order chi connectivity index (χ0) is 14.3. The number of anilines is 1. The van der Waals surface area contributed by atoms with Crippen molar-refractivity contribution in [2.45, 2.75) is 39.2 Å². The third-order valence-electron chi connectivity index (χ3n) is 2.95. The number of nitrogen functional groups attached to an aromatic ring is 1. The maximum absolute atomic E-state index is 9.16. The summed E-state index contributed by atoms with van der Waals surface area (Å²) in [5.41, 5.74) is 7.58. The fraction of sp³-hybridized carbons (Fsp3) is 0.600. The Bertz CT molecular complexity index is 392. The smallest absolute Gasteiger partial charge is 0.142 e. The molecule has 0 radical (unpaired) electrons. The van der Waals surface area contributed by atoms with Gasteiger partial charge in [-0.3, -0.25) is 0 Å². The molecule has 0 aliphatic heterocycles. The molecule has 4 nitrogen and oxygen atoms in total. The predicted molar refractivity (Wildman–Crippen MR) is 79.5 cm³/mol. The summed E-state index contributed by atoms with van der Waals surface area (Å²) in [6, 6.07) is 5.92. The first kappa shape index (κ1) is 15.8. The van der Waals surface area contributed by atoms with Crippen LogP contribution in [0.4, 0.5) is 5.69 Å². The molecule has 1 rings (SSSR count). The maximum Gasteiger partial charge on any atom is 0.142 e. The molecule has 1 aromatic rings. The standard InChI is InChI=1S/C15H26N2O2/c1-4-9-19-14-6-5-12(10-13(14)16)7-8-17-15(2,3)11-18/h5-6,10,17-18H,4,7-9,11,16H2,1-3H3. The minimum atomic E-state index is -0.240. The molecule has 0 unspecified atom stereocenters. The fourth-order valence-corrected chi connectivity index (χ4v) is 1.70. The Kier molecular flexibility index (Phi) is 6.12. The van der Waals surface area contributed by atoms with Gasteiger partial charge in [-0.2, -0.15) is 0 Å². The van der Waals surface area contributed by atoms with E-state index in [9.17, 15) is 0 Å². The summed E-state index contributed by atoms with van der Waals surface area (Å²) in [5.74, 6) is 0.759. The van der Waals surface area contributed by atoms with E-state index in [1.54, 1.807) is 0 Å². The maximum atomic E-state index is 9.16. The van der Waals surface area contributed by atoms with Crippen molar-refractivity contribution in [3.63, 3.8) is 0 Å². The van der Waals surface area contributed by atoms with Gasteiger partial charge in [0.1, 0.15) is 5.75 Å². The summed E-state index contributed by atoms with van der Waals surface area (Å²) in [5, 5.41) is 12.5. The molecule has 0 aliphatic carbocycles. The van der Waals surface area contributed by atoms with Crippen LogP contribution >= 0.6 is 0 Å². The minimum Gasteiger partial charge on any atom is -0.491 e. The number of benzene rings is 1. The number of aliphatic hydroxyl groups is 1. The first-order valence-electron chi connectivity index (χ1n) is 6.85. The minimum absolute atomic E-state index is 0.124. The lowest BCUT2D eigenvalue weighted by atomic mass is 10.1. The van der Waals surface area contributed by atoms with E-state index in [1.807, 2.05) is 32.0 Å². The number of nitrogens with two attached hydrogens (primary N) is 1. The van der Waals surface area contributed by atoms with Gasteiger partial charge < -0.3 is 20.9 Å². The van der Waals surface area contributed by atoms with Crippen molar-refractivity contribution in [2.75, 3.05) is 25.5 Å². The van der Waals surface area contributed by atoms with Crippen LogP contribution in [-0.4, -0.2) is 30.4 Å². The molecule has 0 fully saturated rings. The molecule has 0 heterocycles. The van der Waals surface area contributed by atoms with Gasteiger partial charge in [0, 0.05) is 5.54 Å². The second kappa shape index (κ2) is 7.36.